The average Bonchev–Trinajstić information content (AvgIpc) is 2.63. The van der Waals surface area contributed by atoms with E-state index in [2.05, 4.69) is 4.98 Å². The van der Waals surface area contributed by atoms with Crippen molar-refractivity contribution in [2.45, 2.75) is 56.3 Å². The predicted molar refractivity (Wildman–Crippen MR) is 102 cm³/mol. The van der Waals surface area contributed by atoms with Crippen molar-refractivity contribution in [2.75, 3.05) is 19.7 Å². The third kappa shape index (κ3) is 4.54. The van der Waals surface area contributed by atoms with E-state index in [4.69, 9.17) is 21.4 Å². The molecule has 3 N–H and O–H groups in total. The van der Waals surface area contributed by atoms with Crippen molar-refractivity contribution in [3.63, 3.8) is 0 Å². The summed E-state index contributed by atoms with van der Waals surface area (Å²) >= 11 is 5.83. The van der Waals surface area contributed by atoms with Crippen molar-refractivity contribution in [1.82, 2.24) is 14.5 Å². The molecule has 1 amide bonds. The van der Waals surface area contributed by atoms with E-state index < -0.39 is 34.5 Å². The zero-order valence-electron chi connectivity index (χ0n) is 16.0. The standard InChI is InChI=1S/C18H24ClN3O7/c1-17(28)10-18(4-6-21(7-5-18)13(23)2-3-14(24)25)29-9-12(17)22-8-11(19)15(26)20-16(22)27/h8,12,28H,2-7,9-10H2,1H3,(H,24,25)(H,20,26,27)/t12-,17-/m0/s1. The van der Waals surface area contributed by atoms with Crippen LogP contribution in [0, 0.1) is 0 Å². The van der Waals surface area contributed by atoms with Crippen molar-refractivity contribution >= 4 is 23.5 Å². The van der Waals surface area contributed by atoms with Crippen LogP contribution in [0.2, 0.25) is 5.02 Å². The molecule has 0 aliphatic carbocycles. The first-order chi connectivity index (χ1) is 13.5. The maximum absolute atomic E-state index is 12.2. The van der Waals surface area contributed by atoms with Gasteiger partial charge in [0.05, 0.1) is 30.3 Å². The van der Waals surface area contributed by atoms with Crippen LogP contribution < -0.4 is 11.2 Å². The molecule has 2 aliphatic rings. The Labute approximate surface area is 171 Å². The Hall–Kier alpha value is -2.17. The largest absolute Gasteiger partial charge is 0.481 e. The SMILES string of the molecule is C[C@]1(O)CC2(CCN(C(=O)CCC(=O)O)CC2)OC[C@@H]1n1cc(Cl)c(=O)[nH]c1=O. The molecule has 0 radical (unpaired) electrons. The summed E-state index contributed by atoms with van der Waals surface area (Å²) in [7, 11) is 0. The summed E-state index contributed by atoms with van der Waals surface area (Å²) < 4.78 is 7.26. The second kappa shape index (κ2) is 7.92. The summed E-state index contributed by atoms with van der Waals surface area (Å²) in [5, 5.41) is 19.6. The first-order valence-electron chi connectivity index (χ1n) is 9.40. The number of H-pyrrole nitrogens is 1. The Morgan fingerprint density at radius 3 is 2.55 bits per heavy atom. The highest BCUT2D eigenvalue weighted by Gasteiger charge is 2.50. The molecule has 0 aromatic carbocycles. The Bertz CT molecular complexity index is 915. The van der Waals surface area contributed by atoms with Crippen molar-refractivity contribution < 1.29 is 24.5 Å². The summed E-state index contributed by atoms with van der Waals surface area (Å²) in [6, 6.07) is -0.731. The van der Waals surface area contributed by atoms with E-state index in [1.807, 2.05) is 0 Å². The van der Waals surface area contributed by atoms with Crippen LogP contribution in [0.1, 0.15) is 45.1 Å². The van der Waals surface area contributed by atoms with E-state index >= 15 is 0 Å². The lowest BCUT2D eigenvalue weighted by Gasteiger charge is -2.51. The van der Waals surface area contributed by atoms with Crippen LogP contribution in [0.3, 0.4) is 0 Å². The zero-order valence-corrected chi connectivity index (χ0v) is 16.8. The topological polar surface area (TPSA) is 142 Å². The number of aliphatic carboxylic acids is 1. The average molecular weight is 430 g/mol. The summed E-state index contributed by atoms with van der Waals surface area (Å²) in [5.41, 5.74) is -3.32. The molecule has 2 saturated heterocycles. The number of nitrogens with zero attached hydrogens (tertiary/aromatic N) is 2. The number of carboxylic acids is 1. The first kappa shape index (κ1) is 21.5. The lowest BCUT2D eigenvalue weighted by Crippen LogP contribution is -2.59. The number of hydrogen-bond acceptors (Lipinski definition) is 6. The number of hydrogen-bond donors (Lipinski definition) is 3. The van der Waals surface area contributed by atoms with Gasteiger partial charge >= 0.3 is 11.7 Å². The van der Waals surface area contributed by atoms with Gasteiger partial charge in [-0.15, -0.1) is 0 Å². The van der Waals surface area contributed by atoms with Gasteiger partial charge in [-0.1, -0.05) is 11.6 Å². The molecule has 3 heterocycles. The molecule has 2 atom stereocenters. The quantitative estimate of drug-likeness (QED) is 0.617. The minimum Gasteiger partial charge on any atom is -0.481 e. The van der Waals surface area contributed by atoms with E-state index in [0.29, 0.717) is 25.9 Å². The molecule has 29 heavy (non-hydrogen) atoms. The number of rotatable bonds is 4. The molecule has 2 fully saturated rings. The van der Waals surface area contributed by atoms with Gasteiger partial charge in [-0.05, 0) is 19.8 Å². The van der Waals surface area contributed by atoms with Crippen molar-refractivity contribution in [3.8, 4) is 0 Å². The van der Waals surface area contributed by atoms with Crippen molar-refractivity contribution in [2.24, 2.45) is 0 Å². The number of amides is 1. The summed E-state index contributed by atoms with van der Waals surface area (Å²) in [6.07, 6.45) is 2.19. The van der Waals surface area contributed by atoms with Gasteiger partial charge in [0.15, 0.2) is 0 Å². The number of aliphatic hydroxyl groups is 1. The van der Waals surface area contributed by atoms with E-state index in [0.717, 1.165) is 0 Å². The van der Waals surface area contributed by atoms with Crippen LogP contribution in [0.15, 0.2) is 15.8 Å². The number of carboxylic acid groups (broad SMARTS) is 1. The number of likely N-dealkylation sites (tertiary alicyclic amines) is 1. The highest BCUT2D eigenvalue weighted by atomic mass is 35.5. The number of carbonyl (C=O) groups excluding carboxylic acids is 1. The van der Waals surface area contributed by atoms with Crippen LogP contribution in [-0.4, -0.2) is 67.4 Å². The number of carbonyl (C=O) groups is 2. The number of nitrogens with one attached hydrogen (secondary N) is 1. The minimum atomic E-state index is -1.31. The molecule has 3 rings (SSSR count). The third-order valence-electron chi connectivity index (χ3n) is 5.79. The van der Waals surface area contributed by atoms with Gasteiger partial charge in [0, 0.05) is 32.1 Å². The van der Waals surface area contributed by atoms with Crippen LogP contribution in [0.25, 0.3) is 0 Å². The van der Waals surface area contributed by atoms with E-state index in [-0.39, 0.29) is 36.8 Å². The molecule has 1 spiro atoms. The molecular weight excluding hydrogens is 406 g/mol. The monoisotopic (exact) mass is 429 g/mol. The Balaban J connectivity index is 1.69. The predicted octanol–water partition coefficient (Wildman–Crippen LogP) is 0.128. The molecule has 0 bridgehead atoms. The minimum absolute atomic E-state index is 0.0428. The number of halogens is 1. The molecule has 11 heteroatoms. The second-order valence-corrected chi connectivity index (χ2v) is 8.37. The molecular formula is C18H24ClN3O7. The van der Waals surface area contributed by atoms with Gasteiger partial charge in [-0.25, -0.2) is 4.79 Å². The van der Waals surface area contributed by atoms with E-state index in [1.165, 1.54) is 10.8 Å². The molecule has 2 aliphatic heterocycles. The lowest BCUT2D eigenvalue weighted by molar-refractivity contribution is -0.198. The van der Waals surface area contributed by atoms with Gasteiger partial charge < -0.3 is 19.8 Å². The molecule has 160 valence electrons. The zero-order chi connectivity index (χ0) is 21.4. The fourth-order valence-corrected chi connectivity index (χ4v) is 4.34. The van der Waals surface area contributed by atoms with Crippen LogP contribution in [0.5, 0.6) is 0 Å². The summed E-state index contributed by atoms with van der Waals surface area (Å²) in [6.45, 7) is 2.47. The summed E-state index contributed by atoms with van der Waals surface area (Å²) in [5.74, 6) is -1.22. The van der Waals surface area contributed by atoms with Gasteiger partial charge in [-0.2, -0.15) is 0 Å². The molecule has 0 unspecified atom stereocenters. The highest BCUT2D eigenvalue weighted by Crippen LogP contribution is 2.43. The Morgan fingerprint density at radius 1 is 1.31 bits per heavy atom. The fourth-order valence-electron chi connectivity index (χ4n) is 4.19. The molecule has 1 aromatic rings. The second-order valence-electron chi connectivity index (χ2n) is 7.96. The van der Waals surface area contributed by atoms with Crippen LogP contribution in [-0.2, 0) is 14.3 Å². The summed E-state index contributed by atoms with van der Waals surface area (Å²) in [4.78, 5) is 50.2. The van der Waals surface area contributed by atoms with Gasteiger partial charge in [-0.3, -0.25) is 23.9 Å². The maximum Gasteiger partial charge on any atom is 0.328 e. The first-order valence-corrected chi connectivity index (χ1v) is 9.78. The van der Waals surface area contributed by atoms with E-state index in [1.54, 1.807) is 11.8 Å². The number of ether oxygens (including phenoxy) is 1. The maximum atomic E-state index is 12.2. The smallest absolute Gasteiger partial charge is 0.328 e. The number of piperidine rings is 1. The third-order valence-corrected chi connectivity index (χ3v) is 6.05. The number of aromatic amines is 1. The molecule has 0 saturated carbocycles. The Morgan fingerprint density at radius 2 is 1.97 bits per heavy atom. The lowest BCUT2D eigenvalue weighted by atomic mass is 9.75. The van der Waals surface area contributed by atoms with E-state index in [9.17, 15) is 24.3 Å². The van der Waals surface area contributed by atoms with Gasteiger partial charge in [0.2, 0.25) is 5.91 Å². The highest BCUT2D eigenvalue weighted by molar-refractivity contribution is 6.30. The fraction of sp³-hybridized carbons (Fsp3) is 0.667. The number of aromatic nitrogens is 2. The van der Waals surface area contributed by atoms with Gasteiger partial charge in [0.1, 0.15) is 5.02 Å². The van der Waals surface area contributed by atoms with Gasteiger partial charge in [0.25, 0.3) is 5.56 Å². The normalized spacial score (nSPS) is 26.4. The van der Waals surface area contributed by atoms with Crippen LogP contribution in [0.4, 0.5) is 0 Å². The van der Waals surface area contributed by atoms with Crippen LogP contribution >= 0.6 is 11.6 Å². The molecule has 1 aromatic heterocycles. The molecule has 10 nitrogen and oxygen atoms in total. The Kier molecular flexibility index (Phi) is 5.88. The van der Waals surface area contributed by atoms with Crippen molar-refractivity contribution in [3.05, 3.63) is 32.1 Å². The van der Waals surface area contributed by atoms with Crippen molar-refractivity contribution in [1.29, 1.82) is 0 Å².